The van der Waals surface area contributed by atoms with Crippen LogP contribution >= 0.6 is 0 Å². The van der Waals surface area contributed by atoms with Crippen LogP contribution in [0.3, 0.4) is 0 Å². The number of rotatable bonds is 10. The van der Waals surface area contributed by atoms with Crippen molar-refractivity contribution in [1.82, 2.24) is 24.5 Å². The highest BCUT2D eigenvalue weighted by atomic mass is 32.2. The molecule has 2 N–H and O–H groups in total. The van der Waals surface area contributed by atoms with Crippen molar-refractivity contribution < 1.29 is 22.6 Å². The Morgan fingerprint density at radius 2 is 1.68 bits per heavy atom. The van der Waals surface area contributed by atoms with Gasteiger partial charge in [-0.25, -0.2) is 33.5 Å². The quantitative estimate of drug-likeness (QED) is 0.321. The summed E-state index contributed by atoms with van der Waals surface area (Å²) < 4.78 is 43.1. The molecule has 0 unspecified atom stereocenters. The first-order chi connectivity index (χ1) is 18.3. The summed E-state index contributed by atoms with van der Waals surface area (Å²) in [6.45, 7) is 2.34. The van der Waals surface area contributed by atoms with Gasteiger partial charge in [0.1, 0.15) is 28.6 Å². The van der Waals surface area contributed by atoms with Gasteiger partial charge in [-0.2, -0.15) is 0 Å². The molecule has 1 saturated carbocycles. The topological polar surface area (TPSA) is 144 Å². The number of fused-ring (bicyclic) bond motifs is 1. The van der Waals surface area contributed by atoms with Crippen LogP contribution in [0.25, 0.3) is 28.5 Å². The normalized spacial score (nSPS) is 13.9. The van der Waals surface area contributed by atoms with Crippen molar-refractivity contribution in [2.24, 2.45) is 11.1 Å². The van der Waals surface area contributed by atoms with Crippen molar-refractivity contribution in [2.45, 2.75) is 38.4 Å². The SMILES string of the molecule is CCOc1cccc(-c2nc3nc(CC4CCC4)c(CS(N)(=O)=O)nc3n2-c2c(OC)cccc2OC)n1. The molecule has 12 heteroatoms. The van der Waals surface area contributed by atoms with Gasteiger partial charge in [-0.3, -0.25) is 4.57 Å². The van der Waals surface area contributed by atoms with Gasteiger partial charge in [-0.15, -0.1) is 0 Å². The molecule has 5 rings (SSSR count). The number of para-hydroxylation sites is 1. The maximum absolute atomic E-state index is 12.2. The van der Waals surface area contributed by atoms with Gasteiger partial charge < -0.3 is 14.2 Å². The maximum atomic E-state index is 12.2. The van der Waals surface area contributed by atoms with Crippen LogP contribution in [0.1, 0.15) is 37.6 Å². The van der Waals surface area contributed by atoms with Crippen LogP contribution in [0.2, 0.25) is 0 Å². The lowest BCUT2D eigenvalue weighted by Crippen LogP contribution is -2.20. The van der Waals surface area contributed by atoms with Crippen LogP contribution in [0.15, 0.2) is 36.4 Å². The first-order valence-corrected chi connectivity index (χ1v) is 14.1. The maximum Gasteiger partial charge on any atom is 0.214 e. The van der Waals surface area contributed by atoms with E-state index in [9.17, 15) is 8.42 Å². The van der Waals surface area contributed by atoms with E-state index in [0.29, 0.717) is 76.2 Å². The van der Waals surface area contributed by atoms with Crippen LogP contribution in [0.4, 0.5) is 0 Å². The van der Waals surface area contributed by atoms with Gasteiger partial charge in [-0.1, -0.05) is 31.4 Å². The zero-order valence-electron chi connectivity index (χ0n) is 21.5. The van der Waals surface area contributed by atoms with Gasteiger partial charge in [0.2, 0.25) is 15.9 Å². The van der Waals surface area contributed by atoms with Gasteiger partial charge in [0, 0.05) is 6.07 Å². The summed E-state index contributed by atoms with van der Waals surface area (Å²) in [6.07, 6.45) is 3.91. The Kier molecular flexibility index (Phi) is 7.17. The molecule has 0 amide bonds. The molecule has 0 aliphatic heterocycles. The van der Waals surface area contributed by atoms with E-state index in [1.807, 2.05) is 25.1 Å². The standard InChI is InChI=1S/C26H30N6O5S/c1-4-37-22-13-6-10-17(28-22)25-31-24-26(32(25)23-20(35-2)11-7-12-21(23)36-3)30-19(15-38(27,33)34)18(29-24)14-16-8-5-9-16/h6-7,10-13,16H,4-5,8-9,14-15H2,1-3H3,(H2,27,33,34). The molecule has 0 radical (unpaired) electrons. The monoisotopic (exact) mass is 538 g/mol. The van der Waals surface area contributed by atoms with Crippen molar-refractivity contribution >= 4 is 21.3 Å². The number of nitrogens with zero attached hydrogens (tertiary/aromatic N) is 5. The number of sulfonamides is 1. The minimum Gasteiger partial charge on any atom is -0.494 e. The number of benzene rings is 1. The van der Waals surface area contributed by atoms with E-state index >= 15 is 0 Å². The smallest absolute Gasteiger partial charge is 0.214 e. The molecule has 3 aromatic heterocycles. The summed E-state index contributed by atoms with van der Waals surface area (Å²) in [6, 6.07) is 10.8. The molecular weight excluding hydrogens is 508 g/mol. The second-order valence-electron chi connectivity index (χ2n) is 9.15. The van der Waals surface area contributed by atoms with Crippen LogP contribution in [-0.2, 0) is 22.2 Å². The van der Waals surface area contributed by atoms with Crippen LogP contribution in [0.5, 0.6) is 17.4 Å². The Balaban J connectivity index is 1.82. The molecular formula is C26H30N6O5S. The Labute approximate surface area is 221 Å². The summed E-state index contributed by atoms with van der Waals surface area (Å²) in [5, 5.41) is 5.46. The van der Waals surface area contributed by atoms with Crippen LogP contribution < -0.4 is 19.3 Å². The molecule has 1 aromatic carbocycles. The van der Waals surface area contributed by atoms with E-state index in [4.69, 9.17) is 34.3 Å². The van der Waals surface area contributed by atoms with Gasteiger partial charge in [0.25, 0.3) is 0 Å². The van der Waals surface area contributed by atoms with Crippen molar-refractivity contribution in [1.29, 1.82) is 0 Å². The van der Waals surface area contributed by atoms with E-state index in [1.54, 1.807) is 37.0 Å². The third-order valence-corrected chi connectivity index (χ3v) is 7.24. The molecule has 1 aliphatic carbocycles. The summed E-state index contributed by atoms with van der Waals surface area (Å²) in [5.74, 6) is 1.86. The van der Waals surface area contributed by atoms with E-state index < -0.39 is 15.8 Å². The Bertz CT molecular complexity index is 1560. The highest BCUT2D eigenvalue weighted by Crippen LogP contribution is 2.38. The molecule has 0 atom stereocenters. The fourth-order valence-corrected chi connectivity index (χ4v) is 5.22. The van der Waals surface area contributed by atoms with Crippen molar-refractivity contribution in [2.75, 3.05) is 20.8 Å². The molecule has 38 heavy (non-hydrogen) atoms. The lowest BCUT2D eigenvalue weighted by molar-refractivity contribution is 0.311. The predicted octanol–water partition coefficient (Wildman–Crippen LogP) is 3.42. The highest BCUT2D eigenvalue weighted by molar-refractivity contribution is 7.88. The minimum atomic E-state index is -3.86. The number of hydrogen-bond acceptors (Lipinski definition) is 9. The van der Waals surface area contributed by atoms with Gasteiger partial charge in [-0.05, 0) is 37.5 Å². The van der Waals surface area contributed by atoms with Crippen LogP contribution in [-0.4, -0.2) is 53.7 Å². The molecule has 4 aromatic rings. The molecule has 200 valence electrons. The zero-order valence-corrected chi connectivity index (χ0v) is 22.4. The highest BCUT2D eigenvalue weighted by Gasteiger charge is 2.27. The number of pyridine rings is 1. The second-order valence-corrected chi connectivity index (χ2v) is 10.8. The van der Waals surface area contributed by atoms with E-state index in [0.717, 1.165) is 19.3 Å². The van der Waals surface area contributed by atoms with Gasteiger partial charge in [0.05, 0.1) is 32.2 Å². The number of imidazole rings is 1. The molecule has 0 saturated heterocycles. The molecule has 1 aliphatic rings. The van der Waals surface area contributed by atoms with Crippen molar-refractivity contribution in [3.63, 3.8) is 0 Å². The molecule has 11 nitrogen and oxygen atoms in total. The van der Waals surface area contributed by atoms with Crippen molar-refractivity contribution in [3.8, 4) is 34.6 Å². The summed E-state index contributed by atoms with van der Waals surface area (Å²) in [5.41, 5.74) is 2.63. The summed E-state index contributed by atoms with van der Waals surface area (Å²) >= 11 is 0. The zero-order chi connectivity index (χ0) is 26.9. The summed E-state index contributed by atoms with van der Waals surface area (Å²) in [7, 11) is -0.753. The average molecular weight is 539 g/mol. The largest absolute Gasteiger partial charge is 0.494 e. The number of methoxy groups -OCH3 is 2. The van der Waals surface area contributed by atoms with Gasteiger partial charge >= 0.3 is 0 Å². The minimum absolute atomic E-state index is 0.310. The fraction of sp³-hybridized carbons (Fsp3) is 0.385. The first kappa shape index (κ1) is 25.9. The Morgan fingerprint density at radius 1 is 0.974 bits per heavy atom. The Hall–Kier alpha value is -3.77. The number of ether oxygens (including phenoxy) is 3. The second kappa shape index (κ2) is 10.5. The van der Waals surface area contributed by atoms with E-state index in [-0.39, 0.29) is 0 Å². The predicted molar refractivity (Wildman–Crippen MR) is 142 cm³/mol. The summed E-state index contributed by atoms with van der Waals surface area (Å²) in [4.78, 5) is 19.1. The molecule has 0 spiro atoms. The van der Waals surface area contributed by atoms with Crippen LogP contribution in [0, 0.1) is 5.92 Å². The number of hydrogen-bond donors (Lipinski definition) is 1. The third kappa shape index (κ3) is 5.14. The molecule has 1 fully saturated rings. The Morgan fingerprint density at radius 3 is 2.29 bits per heavy atom. The first-order valence-electron chi connectivity index (χ1n) is 12.4. The molecule has 0 bridgehead atoms. The van der Waals surface area contributed by atoms with E-state index in [1.165, 1.54) is 0 Å². The lowest BCUT2D eigenvalue weighted by Gasteiger charge is -2.25. The average Bonchev–Trinajstić information content (AvgIpc) is 3.22. The third-order valence-electron chi connectivity index (χ3n) is 6.57. The number of aromatic nitrogens is 5. The van der Waals surface area contributed by atoms with Crippen molar-refractivity contribution in [3.05, 3.63) is 47.8 Å². The van der Waals surface area contributed by atoms with Gasteiger partial charge in [0.15, 0.2) is 17.1 Å². The van der Waals surface area contributed by atoms with E-state index in [2.05, 4.69) is 4.98 Å². The number of nitrogens with two attached hydrogens (primary N) is 1. The lowest BCUT2D eigenvalue weighted by atomic mass is 9.82. The molecule has 3 heterocycles. The fourth-order valence-electron chi connectivity index (χ4n) is 4.60. The number of primary sulfonamides is 1.